The maximum Gasteiger partial charge on any atom is 0.0455 e. The third-order valence-electron chi connectivity index (χ3n) is 2.68. The number of nitrogens with one attached hydrogen (secondary N) is 2. The molecule has 1 fully saturated rings. The fourth-order valence-corrected chi connectivity index (χ4v) is 1.98. The van der Waals surface area contributed by atoms with Gasteiger partial charge >= 0.3 is 0 Å². The Morgan fingerprint density at radius 2 is 1.28 bits per heavy atom. The maximum absolute atomic E-state index is 3.42. The smallest absolute Gasteiger partial charge is 0.0455 e. The van der Waals surface area contributed by atoms with Crippen molar-refractivity contribution in [2.24, 2.45) is 0 Å². The molecule has 0 aliphatic carbocycles. The molecule has 3 rings (SSSR count). The van der Waals surface area contributed by atoms with E-state index in [1.54, 1.807) is 0 Å². The van der Waals surface area contributed by atoms with E-state index in [-0.39, 0.29) is 0 Å². The molecule has 1 saturated heterocycles. The topological polar surface area (TPSA) is 24.1 Å². The molecule has 2 N–H and O–H groups in total. The molecule has 1 aliphatic heterocycles. The highest BCUT2D eigenvalue weighted by atomic mass is 79.9. The van der Waals surface area contributed by atoms with Gasteiger partial charge in [-0.1, -0.05) is 58.4 Å². The summed E-state index contributed by atoms with van der Waals surface area (Å²) in [5.41, 5.74) is 2.51. The molecule has 18 heavy (non-hydrogen) atoms. The molecule has 0 aromatic heterocycles. The van der Waals surface area contributed by atoms with Gasteiger partial charge in [-0.15, -0.1) is 0 Å². The van der Waals surface area contributed by atoms with Crippen LogP contribution in [0.4, 0.5) is 0 Å². The lowest BCUT2D eigenvalue weighted by Crippen LogP contribution is -2.11. The molecular formula is C15H17BrN2. The molecule has 3 heteroatoms. The third-order valence-corrected chi connectivity index (χ3v) is 3.21. The first-order valence-electron chi connectivity index (χ1n) is 6.09. The van der Waals surface area contributed by atoms with Crippen LogP contribution in [0.5, 0.6) is 0 Å². The Bertz CT molecular complexity index is 442. The zero-order chi connectivity index (χ0) is 12.6. The molecule has 1 heterocycles. The number of benzene rings is 2. The molecule has 0 atom stereocenters. The number of hydrogen-bond acceptors (Lipinski definition) is 2. The summed E-state index contributed by atoms with van der Waals surface area (Å²) < 4.78 is 1.12. The van der Waals surface area contributed by atoms with E-state index in [0.717, 1.165) is 24.2 Å². The standard InChI is InChI=1S/C12H9Br.C3H8N2/c13-12-8-6-11(7-9-12)10-4-2-1-3-5-10;1-2-5-3-4-1/h1-9H;4-5H,1-3H2. The van der Waals surface area contributed by atoms with Crippen LogP contribution in [0, 0.1) is 0 Å². The first-order chi connectivity index (χ1) is 8.86. The highest BCUT2D eigenvalue weighted by Gasteiger charge is 1.94. The molecule has 2 nitrogen and oxygen atoms in total. The van der Waals surface area contributed by atoms with E-state index < -0.39 is 0 Å². The van der Waals surface area contributed by atoms with Crippen molar-refractivity contribution in [3.05, 3.63) is 59.1 Å². The molecule has 0 spiro atoms. The van der Waals surface area contributed by atoms with Crippen LogP contribution in [-0.4, -0.2) is 19.8 Å². The lowest BCUT2D eigenvalue weighted by Gasteiger charge is -2.00. The van der Waals surface area contributed by atoms with E-state index in [9.17, 15) is 0 Å². The van der Waals surface area contributed by atoms with Crippen LogP contribution in [0.25, 0.3) is 11.1 Å². The van der Waals surface area contributed by atoms with Crippen molar-refractivity contribution in [2.45, 2.75) is 0 Å². The molecule has 1 aliphatic rings. The Kier molecular flexibility index (Phi) is 5.39. The lowest BCUT2D eigenvalue weighted by molar-refractivity contribution is 0.807. The largest absolute Gasteiger partial charge is 0.303 e. The minimum Gasteiger partial charge on any atom is -0.303 e. The normalized spacial score (nSPS) is 13.8. The highest BCUT2D eigenvalue weighted by Crippen LogP contribution is 2.20. The first-order valence-corrected chi connectivity index (χ1v) is 6.88. The van der Waals surface area contributed by atoms with Crippen molar-refractivity contribution in [1.82, 2.24) is 10.6 Å². The van der Waals surface area contributed by atoms with Gasteiger partial charge in [0.05, 0.1) is 0 Å². The van der Waals surface area contributed by atoms with Crippen molar-refractivity contribution in [3.8, 4) is 11.1 Å². The van der Waals surface area contributed by atoms with E-state index in [1.807, 2.05) is 6.07 Å². The molecular weight excluding hydrogens is 288 g/mol. The van der Waals surface area contributed by atoms with Gasteiger partial charge in [-0.05, 0) is 23.3 Å². The van der Waals surface area contributed by atoms with Crippen LogP contribution in [0.15, 0.2) is 59.1 Å². The van der Waals surface area contributed by atoms with E-state index in [4.69, 9.17) is 0 Å². The van der Waals surface area contributed by atoms with E-state index in [1.165, 1.54) is 11.1 Å². The summed E-state index contributed by atoms with van der Waals surface area (Å²) in [5.74, 6) is 0. The first kappa shape index (κ1) is 13.3. The highest BCUT2D eigenvalue weighted by molar-refractivity contribution is 9.10. The minimum atomic E-state index is 1.00. The van der Waals surface area contributed by atoms with Gasteiger partial charge in [0.15, 0.2) is 0 Å². The maximum atomic E-state index is 3.42. The van der Waals surface area contributed by atoms with Gasteiger partial charge in [-0.3, -0.25) is 0 Å². The Hall–Kier alpha value is -1.16. The molecule has 0 saturated carbocycles. The SMILES string of the molecule is Brc1ccc(-c2ccccc2)cc1.C1CNCN1. The fraction of sp³-hybridized carbons (Fsp3) is 0.200. The summed E-state index contributed by atoms with van der Waals surface area (Å²) in [7, 11) is 0. The Morgan fingerprint density at radius 3 is 1.78 bits per heavy atom. The second kappa shape index (κ2) is 7.31. The van der Waals surface area contributed by atoms with Crippen LogP contribution < -0.4 is 10.6 Å². The lowest BCUT2D eigenvalue weighted by atomic mass is 10.1. The van der Waals surface area contributed by atoms with E-state index in [2.05, 4.69) is 75.1 Å². The predicted octanol–water partition coefficient (Wildman–Crippen LogP) is 3.25. The Morgan fingerprint density at radius 1 is 0.722 bits per heavy atom. The van der Waals surface area contributed by atoms with E-state index >= 15 is 0 Å². The number of rotatable bonds is 1. The van der Waals surface area contributed by atoms with Crippen LogP contribution in [0.1, 0.15) is 0 Å². The van der Waals surface area contributed by atoms with Crippen molar-refractivity contribution in [3.63, 3.8) is 0 Å². The molecule has 0 amide bonds. The Labute approximate surface area is 117 Å². The number of halogens is 1. The summed E-state index contributed by atoms with van der Waals surface area (Å²) in [6.07, 6.45) is 0. The second-order valence-corrected chi connectivity index (χ2v) is 4.97. The number of hydrogen-bond donors (Lipinski definition) is 2. The van der Waals surface area contributed by atoms with Gasteiger partial charge in [-0.25, -0.2) is 0 Å². The average Bonchev–Trinajstić information content (AvgIpc) is 3.00. The van der Waals surface area contributed by atoms with Crippen molar-refractivity contribution in [1.29, 1.82) is 0 Å². The zero-order valence-electron chi connectivity index (χ0n) is 10.2. The fourth-order valence-electron chi connectivity index (χ4n) is 1.71. The summed E-state index contributed by atoms with van der Waals surface area (Å²) >= 11 is 3.42. The molecule has 2 aromatic carbocycles. The van der Waals surface area contributed by atoms with Gasteiger partial charge < -0.3 is 10.6 Å². The predicted molar refractivity (Wildman–Crippen MR) is 80.5 cm³/mol. The van der Waals surface area contributed by atoms with Crippen LogP contribution >= 0.6 is 15.9 Å². The molecule has 0 radical (unpaired) electrons. The van der Waals surface area contributed by atoms with Gasteiger partial charge in [0.2, 0.25) is 0 Å². The molecule has 94 valence electrons. The van der Waals surface area contributed by atoms with Crippen LogP contribution in [-0.2, 0) is 0 Å². The zero-order valence-corrected chi connectivity index (χ0v) is 11.8. The van der Waals surface area contributed by atoms with Crippen molar-refractivity contribution in [2.75, 3.05) is 19.8 Å². The van der Waals surface area contributed by atoms with E-state index in [0.29, 0.717) is 0 Å². The summed E-state index contributed by atoms with van der Waals surface area (Å²) in [6, 6.07) is 18.7. The second-order valence-electron chi connectivity index (χ2n) is 4.05. The monoisotopic (exact) mass is 304 g/mol. The molecule has 2 aromatic rings. The van der Waals surface area contributed by atoms with Crippen molar-refractivity contribution >= 4 is 15.9 Å². The quantitative estimate of drug-likeness (QED) is 0.845. The average molecular weight is 305 g/mol. The van der Waals surface area contributed by atoms with Gasteiger partial charge in [-0.2, -0.15) is 0 Å². The summed E-state index contributed by atoms with van der Waals surface area (Å²) in [4.78, 5) is 0. The van der Waals surface area contributed by atoms with Crippen LogP contribution in [0.2, 0.25) is 0 Å². The molecule has 0 unspecified atom stereocenters. The minimum absolute atomic E-state index is 1.00. The molecule has 0 bridgehead atoms. The van der Waals surface area contributed by atoms with Gasteiger partial charge in [0.25, 0.3) is 0 Å². The van der Waals surface area contributed by atoms with Crippen LogP contribution in [0.3, 0.4) is 0 Å². The summed E-state index contributed by atoms with van der Waals surface area (Å²) in [5, 5.41) is 6.22. The third kappa shape index (κ3) is 4.26. The Balaban J connectivity index is 0.000000202. The van der Waals surface area contributed by atoms with Gasteiger partial charge in [0, 0.05) is 24.2 Å². The van der Waals surface area contributed by atoms with Gasteiger partial charge in [0.1, 0.15) is 0 Å². The summed E-state index contributed by atoms with van der Waals surface area (Å²) in [6.45, 7) is 3.28. The van der Waals surface area contributed by atoms with Crippen molar-refractivity contribution < 1.29 is 0 Å².